The van der Waals surface area contributed by atoms with Gasteiger partial charge in [-0.05, 0) is 43.7 Å². The highest BCUT2D eigenvalue weighted by atomic mass is 16.2. The summed E-state index contributed by atoms with van der Waals surface area (Å²) in [4.78, 5) is 37.0. The summed E-state index contributed by atoms with van der Waals surface area (Å²) in [7, 11) is 3.75. The third-order valence-electron chi connectivity index (χ3n) is 6.29. The molecule has 29 heavy (non-hydrogen) atoms. The summed E-state index contributed by atoms with van der Waals surface area (Å²) in [6.45, 7) is 3.41. The number of nitrogens with one attached hydrogen (secondary N) is 2. The van der Waals surface area contributed by atoms with E-state index in [1.165, 1.54) is 0 Å². The van der Waals surface area contributed by atoms with E-state index in [1.54, 1.807) is 0 Å². The minimum atomic E-state index is -0.228. The van der Waals surface area contributed by atoms with Crippen LogP contribution in [0.4, 0.5) is 16.4 Å². The molecule has 0 saturated carbocycles. The Morgan fingerprint density at radius 1 is 1.31 bits per heavy atom. The predicted octanol–water partition coefficient (Wildman–Crippen LogP) is 2.91. The van der Waals surface area contributed by atoms with Crippen LogP contribution in [0.25, 0.3) is 0 Å². The maximum absolute atomic E-state index is 13.0. The first-order chi connectivity index (χ1) is 13.9. The molecule has 2 aromatic rings. The molecule has 1 aromatic carbocycles. The number of H-pyrrole nitrogens is 1. The number of fused-ring (bicyclic) bond motifs is 2. The van der Waals surface area contributed by atoms with Gasteiger partial charge in [-0.25, -0.2) is 9.78 Å². The van der Waals surface area contributed by atoms with Crippen LogP contribution in [0.15, 0.2) is 29.1 Å². The number of aromatic nitrogens is 2. The highest BCUT2D eigenvalue weighted by Crippen LogP contribution is 2.43. The van der Waals surface area contributed by atoms with Gasteiger partial charge in [0.05, 0.1) is 5.69 Å². The Morgan fingerprint density at radius 3 is 2.86 bits per heavy atom. The number of amides is 2. The summed E-state index contributed by atoms with van der Waals surface area (Å²) in [6.07, 6.45) is 4.32. The molecule has 1 fully saturated rings. The van der Waals surface area contributed by atoms with Gasteiger partial charge in [-0.3, -0.25) is 9.78 Å². The van der Waals surface area contributed by atoms with Crippen LogP contribution in [0.1, 0.15) is 43.0 Å². The van der Waals surface area contributed by atoms with Crippen LogP contribution in [-0.4, -0.2) is 48.1 Å². The molecule has 1 atom stereocenters. The number of urea groups is 1. The highest BCUT2D eigenvalue weighted by molar-refractivity contribution is 5.90. The number of piperidine rings is 1. The van der Waals surface area contributed by atoms with Crippen molar-refractivity contribution in [1.29, 1.82) is 0 Å². The first-order valence-corrected chi connectivity index (χ1v) is 10.4. The summed E-state index contributed by atoms with van der Waals surface area (Å²) in [5, 5.41) is 3.09. The van der Waals surface area contributed by atoms with Gasteiger partial charge in [0.25, 0.3) is 5.56 Å². The summed E-state index contributed by atoms with van der Waals surface area (Å²) < 4.78 is 0. The van der Waals surface area contributed by atoms with Gasteiger partial charge in [0.2, 0.25) is 5.95 Å². The van der Waals surface area contributed by atoms with Crippen LogP contribution in [0.3, 0.4) is 0 Å². The third kappa shape index (κ3) is 3.50. The average molecular weight is 396 g/mol. The first-order valence-electron chi connectivity index (χ1n) is 10.4. The quantitative estimate of drug-likeness (QED) is 0.837. The molecular formula is C22H29N5O2. The van der Waals surface area contributed by atoms with E-state index in [2.05, 4.69) is 17.2 Å². The van der Waals surface area contributed by atoms with Gasteiger partial charge in [-0.1, -0.05) is 25.1 Å². The molecule has 2 heterocycles. The summed E-state index contributed by atoms with van der Waals surface area (Å²) in [5.74, 6) is 0.577. The molecule has 1 aliphatic heterocycles. The number of nitrogens with zero attached hydrogens (tertiary/aromatic N) is 3. The average Bonchev–Trinajstić information content (AvgIpc) is 3.06. The molecule has 2 amide bonds. The lowest BCUT2D eigenvalue weighted by Gasteiger charge is -2.40. The molecule has 7 nitrogen and oxygen atoms in total. The van der Waals surface area contributed by atoms with E-state index in [-0.39, 0.29) is 17.0 Å². The van der Waals surface area contributed by atoms with Gasteiger partial charge in [-0.2, -0.15) is 0 Å². The summed E-state index contributed by atoms with van der Waals surface area (Å²) >= 11 is 0. The van der Waals surface area contributed by atoms with Crippen LogP contribution in [0.5, 0.6) is 0 Å². The number of carbonyl (C=O) groups excluding carboxylic acids is 1. The Hall–Kier alpha value is -2.83. The highest BCUT2D eigenvalue weighted by Gasteiger charge is 2.45. The van der Waals surface area contributed by atoms with E-state index in [4.69, 9.17) is 4.98 Å². The fourth-order valence-electron chi connectivity index (χ4n) is 4.70. The lowest BCUT2D eigenvalue weighted by molar-refractivity contribution is 0.157. The van der Waals surface area contributed by atoms with Crippen LogP contribution in [0.2, 0.25) is 0 Å². The molecular weight excluding hydrogens is 366 g/mol. The number of aromatic amines is 1. The van der Waals surface area contributed by atoms with Crippen LogP contribution < -0.4 is 15.8 Å². The Morgan fingerprint density at radius 2 is 2.10 bits per heavy atom. The van der Waals surface area contributed by atoms with Crippen molar-refractivity contribution in [1.82, 2.24) is 14.9 Å². The van der Waals surface area contributed by atoms with E-state index in [0.29, 0.717) is 12.5 Å². The number of aryl methyl sites for hydroxylation is 1. The smallest absolute Gasteiger partial charge is 0.321 e. The number of likely N-dealkylation sites (tertiary alicyclic amines) is 1. The summed E-state index contributed by atoms with van der Waals surface area (Å²) in [6, 6.07) is 7.85. The summed E-state index contributed by atoms with van der Waals surface area (Å²) in [5.41, 5.74) is 3.40. The molecule has 1 unspecified atom stereocenters. The molecule has 4 rings (SSSR count). The van der Waals surface area contributed by atoms with Crippen molar-refractivity contribution >= 4 is 17.7 Å². The maximum Gasteiger partial charge on any atom is 0.321 e. The maximum atomic E-state index is 13.0. The van der Waals surface area contributed by atoms with Crippen molar-refractivity contribution in [2.75, 3.05) is 37.4 Å². The lowest BCUT2D eigenvalue weighted by atomic mass is 9.77. The number of benzene rings is 1. The van der Waals surface area contributed by atoms with Crippen molar-refractivity contribution in [2.45, 2.75) is 44.4 Å². The second kappa shape index (κ2) is 7.54. The van der Waals surface area contributed by atoms with Crippen molar-refractivity contribution in [3.05, 3.63) is 51.4 Å². The zero-order valence-corrected chi connectivity index (χ0v) is 17.4. The minimum Gasteiger partial charge on any atom is -0.348 e. The monoisotopic (exact) mass is 395 g/mol. The normalized spacial score (nSPS) is 20.6. The molecule has 1 spiro atoms. The fourth-order valence-corrected chi connectivity index (χ4v) is 4.70. The van der Waals surface area contributed by atoms with Gasteiger partial charge >= 0.3 is 6.03 Å². The lowest BCUT2D eigenvalue weighted by Crippen LogP contribution is -2.49. The van der Waals surface area contributed by atoms with Crippen molar-refractivity contribution in [3.63, 3.8) is 0 Å². The zero-order valence-electron chi connectivity index (χ0n) is 17.4. The second-order valence-corrected chi connectivity index (χ2v) is 8.36. The number of anilines is 2. The number of hydrogen-bond acceptors (Lipinski definition) is 4. The predicted molar refractivity (Wildman–Crippen MR) is 115 cm³/mol. The molecule has 2 aliphatic rings. The van der Waals surface area contributed by atoms with E-state index < -0.39 is 0 Å². The Bertz CT molecular complexity index is 983. The molecule has 1 saturated heterocycles. The van der Waals surface area contributed by atoms with Crippen molar-refractivity contribution in [3.8, 4) is 0 Å². The number of para-hydroxylation sites is 1. The number of carbonyl (C=O) groups is 1. The van der Waals surface area contributed by atoms with Crippen LogP contribution >= 0.6 is 0 Å². The fraction of sp³-hybridized carbons (Fsp3) is 0.500. The molecule has 1 aromatic heterocycles. The van der Waals surface area contributed by atoms with E-state index >= 15 is 0 Å². The van der Waals surface area contributed by atoms with Crippen molar-refractivity contribution in [2.24, 2.45) is 0 Å². The van der Waals surface area contributed by atoms with Gasteiger partial charge < -0.3 is 15.1 Å². The number of hydrogen-bond donors (Lipinski definition) is 2. The largest absolute Gasteiger partial charge is 0.348 e. The van der Waals surface area contributed by atoms with Gasteiger partial charge in [0.15, 0.2) is 0 Å². The molecule has 2 N–H and O–H groups in total. The van der Waals surface area contributed by atoms with Crippen molar-refractivity contribution < 1.29 is 4.79 Å². The van der Waals surface area contributed by atoms with E-state index in [1.807, 2.05) is 48.2 Å². The van der Waals surface area contributed by atoms with Crippen LogP contribution in [-0.2, 0) is 18.3 Å². The van der Waals surface area contributed by atoms with Gasteiger partial charge in [0, 0.05) is 43.9 Å². The number of rotatable bonds is 3. The molecule has 0 radical (unpaired) electrons. The molecule has 0 bridgehead atoms. The Kier molecular flexibility index (Phi) is 5.06. The van der Waals surface area contributed by atoms with Gasteiger partial charge in [-0.15, -0.1) is 0 Å². The topological polar surface area (TPSA) is 81.3 Å². The third-order valence-corrected chi connectivity index (χ3v) is 6.29. The van der Waals surface area contributed by atoms with Gasteiger partial charge in [0.1, 0.15) is 0 Å². The minimum absolute atomic E-state index is 0.0472. The first kappa shape index (κ1) is 19.5. The second-order valence-electron chi connectivity index (χ2n) is 8.36. The molecule has 154 valence electrons. The standard InChI is InChI=1S/C22H29N5O2/c1-4-15-8-5-6-9-17(15)23-21(29)27-13-7-11-22(14-27)12-10-16-18(22)24-20(26(2)3)25-19(16)28/h5-6,8-9H,4,7,10-14H2,1-3H3,(H,23,29)(H,24,25,28). The molecule has 1 aliphatic carbocycles. The Labute approximate surface area is 171 Å². The SMILES string of the molecule is CCc1ccccc1NC(=O)N1CCCC2(CCc3c2nc(N(C)C)[nH]c3=O)C1. The van der Waals surface area contributed by atoms with E-state index in [0.717, 1.165) is 61.2 Å². The van der Waals surface area contributed by atoms with E-state index in [9.17, 15) is 9.59 Å². The van der Waals surface area contributed by atoms with Crippen LogP contribution in [0, 0.1) is 0 Å². The Balaban J connectivity index is 1.60. The zero-order chi connectivity index (χ0) is 20.6. The molecule has 7 heteroatoms.